The maximum Gasteiger partial charge on any atom is 0.253 e. The van der Waals surface area contributed by atoms with Crippen LogP contribution in [-0.2, 0) is 19.4 Å². The van der Waals surface area contributed by atoms with E-state index in [2.05, 4.69) is 14.9 Å². The second-order valence-corrected chi connectivity index (χ2v) is 9.98. The minimum Gasteiger partial charge on any atom is -0.493 e. The normalized spacial score (nSPS) is 13.0. The van der Waals surface area contributed by atoms with Crippen molar-refractivity contribution >= 4 is 16.8 Å². The molecule has 1 atom stereocenters. The number of H-pyrrole nitrogens is 1. The van der Waals surface area contributed by atoms with E-state index in [-0.39, 0.29) is 18.3 Å². The van der Waals surface area contributed by atoms with Crippen molar-refractivity contribution in [3.05, 3.63) is 95.4 Å². The third-order valence-corrected chi connectivity index (χ3v) is 7.65. The number of carbonyl (C=O) groups excluding carboxylic acids is 1. The molecule has 1 aliphatic rings. The van der Waals surface area contributed by atoms with E-state index in [1.54, 1.807) is 26.4 Å². The Morgan fingerprint density at radius 1 is 1.07 bits per heavy atom. The number of aliphatic hydroxyl groups excluding tert-OH is 1. The fourth-order valence-corrected chi connectivity index (χ4v) is 5.69. The van der Waals surface area contributed by atoms with E-state index in [9.17, 15) is 14.3 Å². The number of benzene rings is 3. The summed E-state index contributed by atoms with van der Waals surface area (Å²) in [6.45, 7) is 0.418. The molecule has 1 unspecified atom stereocenters. The number of halogens is 1. The van der Waals surface area contributed by atoms with Crippen LogP contribution >= 0.6 is 0 Å². The summed E-state index contributed by atoms with van der Waals surface area (Å²) in [5.74, 6) is 0.605. The average molecular weight is 540 g/mol. The number of rotatable bonds is 8. The van der Waals surface area contributed by atoms with Gasteiger partial charge in [0, 0.05) is 34.9 Å². The molecule has 0 bridgehead atoms. The fourth-order valence-electron chi connectivity index (χ4n) is 5.69. The number of nitrogens with zero attached hydrogens (tertiary/aromatic N) is 1. The molecule has 3 heterocycles. The summed E-state index contributed by atoms with van der Waals surface area (Å²) in [5, 5.41) is 14.3. The summed E-state index contributed by atoms with van der Waals surface area (Å²) < 4.78 is 27.0. The van der Waals surface area contributed by atoms with Gasteiger partial charge in [-0.3, -0.25) is 4.79 Å². The van der Waals surface area contributed by atoms with Crippen molar-refractivity contribution in [2.45, 2.75) is 25.4 Å². The predicted molar refractivity (Wildman–Crippen MR) is 152 cm³/mol. The first kappa shape index (κ1) is 25.7. The van der Waals surface area contributed by atoms with Crippen molar-refractivity contribution in [3.63, 3.8) is 0 Å². The van der Waals surface area contributed by atoms with Crippen molar-refractivity contribution in [1.29, 1.82) is 0 Å². The van der Waals surface area contributed by atoms with Crippen LogP contribution in [0.15, 0.2) is 72.9 Å². The van der Waals surface area contributed by atoms with Gasteiger partial charge in [0.05, 0.1) is 38.1 Å². The van der Waals surface area contributed by atoms with Gasteiger partial charge in [-0.05, 0) is 78.1 Å². The van der Waals surface area contributed by atoms with E-state index >= 15 is 0 Å². The Hall–Kier alpha value is -4.56. The van der Waals surface area contributed by atoms with Crippen molar-refractivity contribution in [2.24, 2.45) is 0 Å². The summed E-state index contributed by atoms with van der Waals surface area (Å²) in [4.78, 5) is 17.1. The van der Waals surface area contributed by atoms with E-state index in [1.807, 2.05) is 48.7 Å². The molecule has 40 heavy (non-hydrogen) atoms. The topological polar surface area (TPSA) is 88.5 Å². The second kappa shape index (κ2) is 10.5. The Balaban J connectivity index is 1.40. The van der Waals surface area contributed by atoms with Gasteiger partial charge in [-0.25, -0.2) is 4.39 Å². The average Bonchev–Trinajstić information content (AvgIpc) is 3.58. The molecule has 204 valence electrons. The minimum atomic E-state index is -0.499. The van der Waals surface area contributed by atoms with Crippen molar-refractivity contribution in [3.8, 4) is 34.0 Å². The highest BCUT2D eigenvalue weighted by atomic mass is 19.1. The SMILES string of the molecule is COc1cc2c(cc1OC)-c1cc(C(=O)NC(CO)Cc3c[nH]c4ccccc34)c(-c3ccc(F)cc3)n1CC2. The highest BCUT2D eigenvalue weighted by molar-refractivity contribution is 6.02. The van der Waals surface area contributed by atoms with Gasteiger partial charge in [-0.2, -0.15) is 0 Å². The number of fused-ring (bicyclic) bond motifs is 4. The Morgan fingerprint density at radius 2 is 1.82 bits per heavy atom. The smallest absolute Gasteiger partial charge is 0.253 e. The third kappa shape index (κ3) is 4.50. The van der Waals surface area contributed by atoms with E-state index in [1.165, 1.54) is 12.1 Å². The molecule has 0 fully saturated rings. The summed E-state index contributed by atoms with van der Waals surface area (Å²) in [5.41, 5.74) is 6.82. The number of nitrogens with one attached hydrogen (secondary N) is 2. The van der Waals surface area contributed by atoms with Gasteiger partial charge in [-0.1, -0.05) is 18.2 Å². The van der Waals surface area contributed by atoms with Crippen LogP contribution < -0.4 is 14.8 Å². The van der Waals surface area contributed by atoms with Crippen LogP contribution in [-0.4, -0.2) is 47.4 Å². The first-order chi connectivity index (χ1) is 19.5. The van der Waals surface area contributed by atoms with Crippen LogP contribution in [0.1, 0.15) is 21.5 Å². The number of para-hydroxylation sites is 1. The van der Waals surface area contributed by atoms with Gasteiger partial charge in [-0.15, -0.1) is 0 Å². The molecular weight excluding hydrogens is 509 g/mol. The van der Waals surface area contributed by atoms with Crippen LogP contribution in [0.5, 0.6) is 11.5 Å². The molecule has 0 aliphatic carbocycles. The highest BCUT2D eigenvalue weighted by Crippen LogP contribution is 2.42. The molecular formula is C32H30FN3O4. The Morgan fingerprint density at radius 3 is 2.58 bits per heavy atom. The number of ether oxygens (including phenoxy) is 2. The van der Waals surface area contributed by atoms with Gasteiger partial charge in [0.25, 0.3) is 5.91 Å². The van der Waals surface area contributed by atoms with Crippen LogP contribution in [0.4, 0.5) is 4.39 Å². The molecule has 6 rings (SSSR count). The number of aromatic nitrogens is 2. The standard InChI is InChI=1S/C32H30FN3O4/c1-39-29-14-20-11-12-36-28(25(20)16-30(29)40-2)15-26(31(36)19-7-9-22(33)10-8-19)32(38)35-23(18-37)13-21-17-34-27-6-4-3-5-24(21)27/h3-10,14-17,23,34,37H,11-13,18H2,1-2H3,(H,35,38). The zero-order chi connectivity index (χ0) is 27.8. The molecule has 3 N–H and O–H groups in total. The number of hydrogen-bond acceptors (Lipinski definition) is 4. The Labute approximate surface area is 231 Å². The number of carbonyl (C=O) groups is 1. The summed E-state index contributed by atoms with van der Waals surface area (Å²) in [7, 11) is 3.20. The number of aliphatic hydroxyl groups is 1. The maximum atomic E-state index is 13.9. The van der Waals surface area contributed by atoms with Crippen LogP contribution in [0.25, 0.3) is 33.4 Å². The van der Waals surface area contributed by atoms with E-state index in [0.717, 1.165) is 45.3 Å². The molecule has 0 radical (unpaired) electrons. The van der Waals surface area contributed by atoms with Crippen LogP contribution in [0, 0.1) is 5.82 Å². The lowest BCUT2D eigenvalue weighted by Crippen LogP contribution is -2.39. The second-order valence-electron chi connectivity index (χ2n) is 9.98. The summed E-state index contributed by atoms with van der Waals surface area (Å²) >= 11 is 0. The molecule has 0 saturated heterocycles. The molecule has 1 aliphatic heterocycles. The Kier molecular flexibility index (Phi) is 6.77. The van der Waals surface area contributed by atoms with Crippen LogP contribution in [0.3, 0.4) is 0 Å². The molecule has 8 heteroatoms. The molecule has 2 aromatic heterocycles. The van der Waals surface area contributed by atoms with Gasteiger partial charge >= 0.3 is 0 Å². The molecule has 7 nitrogen and oxygen atoms in total. The number of methoxy groups -OCH3 is 2. The molecule has 3 aromatic carbocycles. The lowest BCUT2D eigenvalue weighted by atomic mass is 9.97. The van der Waals surface area contributed by atoms with Crippen molar-refractivity contribution in [1.82, 2.24) is 14.9 Å². The third-order valence-electron chi connectivity index (χ3n) is 7.65. The molecule has 0 spiro atoms. The lowest BCUT2D eigenvalue weighted by molar-refractivity contribution is 0.0917. The summed E-state index contributed by atoms with van der Waals surface area (Å²) in [6.07, 6.45) is 3.11. The zero-order valence-electron chi connectivity index (χ0n) is 22.3. The zero-order valence-corrected chi connectivity index (χ0v) is 22.3. The van der Waals surface area contributed by atoms with E-state index in [4.69, 9.17) is 9.47 Å². The first-order valence-corrected chi connectivity index (χ1v) is 13.2. The number of amides is 1. The van der Waals surface area contributed by atoms with Crippen molar-refractivity contribution < 1.29 is 23.8 Å². The van der Waals surface area contributed by atoms with Gasteiger partial charge < -0.3 is 29.4 Å². The Bertz CT molecular complexity index is 1700. The first-order valence-electron chi connectivity index (χ1n) is 13.2. The predicted octanol–water partition coefficient (Wildman–Crippen LogP) is 5.35. The lowest BCUT2D eigenvalue weighted by Gasteiger charge is -2.23. The van der Waals surface area contributed by atoms with Gasteiger partial charge in [0.15, 0.2) is 11.5 Å². The summed E-state index contributed by atoms with van der Waals surface area (Å²) in [6, 6.07) is 19.4. The van der Waals surface area contributed by atoms with Crippen LogP contribution in [0.2, 0.25) is 0 Å². The van der Waals surface area contributed by atoms with Gasteiger partial charge in [0.2, 0.25) is 0 Å². The molecule has 1 amide bonds. The minimum absolute atomic E-state index is 0.218. The number of aromatic amines is 1. The quantitative estimate of drug-likeness (QED) is 0.248. The van der Waals surface area contributed by atoms with Crippen molar-refractivity contribution in [2.75, 3.05) is 20.8 Å². The number of hydrogen-bond donors (Lipinski definition) is 3. The fraction of sp³-hybridized carbons (Fsp3) is 0.219. The maximum absolute atomic E-state index is 13.9. The molecule has 0 saturated carbocycles. The van der Waals surface area contributed by atoms with Gasteiger partial charge in [0.1, 0.15) is 5.82 Å². The number of aryl methyl sites for hydroxylation is 1. The molecule has 5 aromatic rings. The largest absolute Gasteiger partial charge is 0.493 e. The van der Waals surface area contributed by atoms with E-state index < -0.39 is 6.04 Å². The highest BCUT2D eigenvalue weighted by Gasteiger charge is 2.28. The van der Waals surface area contributed by atoms with E-state index in [0.29, 0.717) is 35.7 Å². The monoisotopic (exact) mass is 539 g/mol.